The van der Waals surface area contributed by atoms with Crippen molar-refractivity contribution in [2.45, 2.75) is 45.3 Å². The van der Waals surface area contributed by atoms with Gasteiger partial charge < -0.3 is 14.8 Å². The van der Waals surface area contributed by atoms with Crippen LogP contribution in [0.5, 0.6) is 0 Å². The van der Waals surface area contributed by atoms with Gasteiger partial charge in [-0.1, -0.05) is 29.8 Å². The molecule has 1 aromatic heterocycles. The minimum atomic E-state index is -0.692. The fraction of sp³-hybridized carbons (Fsp3) is 0.389. The SMILES string of the molecule is Cc1ccc(CCC(=O)NC(C)CC(O)c2ccco2)cc1. The van der Waals surface area contributed by atoms with Crippen LogP contribution in [0.1, 0.15) is 42.8 Å². The van der Waals surface area contributed by atoms with Crippen LogP contribution in [0.2, 0.25) is 0 Å². The number of nitrogens with one attached hydrogen (secondary N) is 1. The second-order valence-electron chi connectivity index (χ2n) is 5.72. The van der Waals surface area contributed by atoms with Gasteiger partial charge in [0.15, 0.2) is 0 Å². The number of aliphatic hydroxyl groups excluding tert-OH is 1. The maximum absolute atomic E-state index is 11.9. The van der Waals surface area contributed by atoms with Crippen molar-refractivity contribution in [1.29, 1.82) is 0 Å². The summed E-state index contributed by atoms with van der Waals surface area (Å²) in [6.45, 7) is 3.93. The van der Waals surface area contributed by atoms with E-state index in [0.29, 0.717) is 18.6 Å². The zero-order chi connectivity index (χ0) is 15.9. The lowest BCUT2D eigenvalue weighted by atomic mass is 10.1. The molecule has 0 aliphatic rings. The van der Waals surface area contributed by atoms with Crippen molar-refractivity contribution in [3.05, 3.63) is 59.5 Å². The molecule has 2 rings (SSSR count). The van der Waals surface area contributed by atoms with Crippen molar-refractivity contribution < 1.29 is 14.3 Å². The predicted octanol–water partition coefficient (Wildman–Crippen LogP) is 3.15. The molecular weight excluding hydrogens is 278 g/mol. The van der Waals surface area contributed by atoms with Crippen molar-refractivity contribution in [2.75, 3.05) is 0 Å². The Kier molecular flexibility index (Phi) is 5.78. The molecule has 0 aliphatic carbocycles. The smallest absolute Gasteiger partial charge is 0.220 e. The van der Waals surface area contributed by atoms with Crippen LogP contribution in [-0.4, -0.2) is 17.1 Å². The molecule has 0 saturated heterocycles. The summed E-state index contributed by atoms with van der Waals surface area (Å²) < 4.78 is 5.15. The Morgan fingerprint density at radius 3 is 2.64 bits per heavy atom. The van der Waals surface area contributed by atoms with Gasteiger partial charge in [-0.15, -0.1) is 0 Å². The van der Waals surface area contributed by atoms with Crippen LogP contribution >= 0.6 is 0 Å². The van der Waals surface area contributed by atoms with E-state index < -0.39 is 6.10 Å². The molecule has 0 aliphatic heterocycles. The van der Waals surface area contributed by atoms with Crippen molar-refractivity contribution in [2.24, 2.45) is 0 Å². The molecule has 0 spiro atoms. The first-order valence-corrected chi connectivity index (χ1v) is 7.61. The second-order valence-corrected chi connectivity index (χ2v) is 5.72. The van der Waals surface area contributed by atoms with E-state index in [4.69, 9.17) is 4.42 Å². The van der Waals surface area contributed by atoms with E-state index in [1.807, 2.05) is 26.0 Å². The number of rotatable bonds is 7. The topological polar surface area (TPSA) is 62.5 Å². The molecule has 22 heavy (non-hydrogen) atoms. The molecule has 2 unspecified atom stereocenters. The summed E-state index contributed by atoms with van der Waals surface area (Å²) in [6, 6.07) is 11.6. The Balaban J connectivity index is 1.73. The summed E-state index contributed by atoms with van der Waals surface area (Å²) in [6.07, 6.45) is 2.44. The number of benzene rings is 1. The van der Waals surface area contributed by atoms with E-state index in [1.54, 1.807) is 12.1 Å². The van der Waals surface area contributed by atoms with Crippen LogP contribution < -0.4 is 5.32 Å². The molecule has 0 bridgehead atoms. The van der Waals surface area contributed by atoms with Gasteiger partial charge in [0.1, 0.15) is 11.9 Å². The van der Waals surface area contributed by atoms with Gasteiger partial charge >= 0.3 is 0 Å². The van der Waals surface area contributed by atoms with Crippen LogP contribution in [0.4, 0.5) is 0 Å². The Morgan fingerprint density at radius 2 is 2.00 bits per heavy atom. The molecule has 118 valence electrons. The molecule has 4 heteroatoms. The normalized spacial score (nSPS) is 13.6. The summed E-state index contributed by atoms with van der Waals surface area (Å²) in [5.41, 5.74) is 2.37. The summed E-state index contributed by atoms with van der Waals surface area (Å²) in [5.74, 6) is 0.528. The van der Waals surface area contributed by atoms with E-state index in [9.17, 15) is 9.90 Å². The number of aryl methyl sites for hydroxylation is 2. The standard InChI is InChI=1S/C18H23NO3/c1-13-5-7-15(8-6-13)9-10-18(21)19-14(2)12-16(20)17-4-3-11-22-17/h3-8,11,14,16,20H,9-10,12H2,1-2H3,(H,19,21). The highest BCUT2D eigenvalue weighted by molar-refractivity contribution is 5.76. The van der Waals surface area contributed by atoms with Crippen LogP contribution in [-0.2, 0) is 11.2 Å². The van der Waals surface area contributed by atoms with Gasteiger partial charge in [0.2, 0.25) is 5.91 Å². The van der Waals surface area contributed by atoms with Crippen LogP contribution in [0, 0.1) is 6.92 Å². The molecule has 1 heterocycles. The Hall–Kier alpha value is -2.07. The predicted molar refractivity (Wildman–Crippen MR) is 85.4 cm³/mol. The zero-order valence-corrected chi connectivity index (χ0v) is 13.1. The second kappa shape index (κ2) is 7.80. The average molecular weight is 301 g/mol. The molecule has 2 atom stereocenters. The first kappa shape index (κ1) is 16.3. The lowest BCUT2D eigenvalue weighted by Gasteiger charge is -2.16. The molecule has 1 amide bonds. The Labute approximate surface area is 131 Å². The van der Waals surface area contributed by atoms with E-state index >= 15 is 0 Å². The van der Waals surface area contributed by atoms with Crippen molar-refractivity contribution in [3.8, 4) is 0 Å². The summed E-state index contributed by atoms with van der Waals surface area (Å²) in [4.78, 5) is 11.9. The van der Waals surface area contributed by atoms with E-state index in [2.05, 4.69) is 17.4 Å². The van der Waals surface area contributed by atoms with Crippen molar-refractivity contribution in [3.63, 3.8) is 0 Å². The molecule has 2 N–H and O–H groups in total. The molecular formula is C18H23NO3. The highest BCUT2D eigenvalue weighted by Gasteiger charge is 2.16. The summed E-state index contributed by atoms with van der Waals surface area (Å²) in [5, 5.41) is 12.9. The molecule has 1 aromatic carbocycles. The van der Waals surface area contributed by atoms with E-state index in [0.717, 1.165) is 12.0 Å². The first-order valence-electron chi connectivity index (χ1n) is 7.61. The van der Waals surface area contributed by atoms with Crippen LogP contribution in [0.3, 0.4) is 0 Å². The third-order valence-electron chi connectivity index (χ3n) is 3.62. The number of carbonyl (C=O) groups is 1. The maximum Gasteiger partial charge on any atom is 0.220 e. The van der Waals surface area contributed by atoms with Gasteiger partial charge in [-0.3, -0.25) is 4.79 Å². The number of amides is 1. The van der Waals surface area contributed by atoms with Gasteiger partial charge in [0.05, 0.1) is 6.26 Å². The number of hydrogen-bond donors (Lipinski definition) is 2. The maximum atomic E-state index is 11.9. The minimum Gasteiger partial charge on any atom is -0.467 e. The van der Waals surface area contributed by atoms with Crippen molar-refractivity contribution >= 4 is 5.91 Å². The fourth-order valence-electron chi connectivity index (χ4n) is 2.35. The monoisotopic (exact) mass is 301 g/mol. The van der Waals surface area contributed by atoms with Gasteiger partial charge in [-0.25, -0.2) is 0 Å². The molecule has 0 radical (unpaired) electrons. The van der Waals surface area contributed by atoms with E-state index in [1.165, 1.54) is 11.8 Å². The largest absolute Gasteiger partial charge is 0.467 e. The third kappa shape index (κ3) is 5.04. The molecule has 0 fully saturated rings. The Bertz CT molecular complexity index is 575. The molecule has 4 nitrogen and oxygen atoms in total. The highest BCUT2D eigenvalue weighted by Crippen LogP contribution is 2.18. The number of hydrogen-bond acceptors (Lipinski definition) is 3. The van der Waals surface area contributed by atoms with Gasteiger partial charge in [-0.2, -0.15) is 0 Å². The average Bonchev–Trinajstić information content (AvgIpc) is 3.01. The van der Waals surface area contributed by atoms with Crippen molar-refractivity contribution in [1.82, 2.24) is 5.32 Å². The quantitative estimate of drug-likeness (QED) is 0.826. The summed E-state index contributed by atoms with van der Waals surface area (Å²) >= 11 is 0. The number of carbonyl (C=O) groups excluding carboxylic acids is 1. The van der Waals surface area contributed by atoms with Gasteiger partial charge in [-0.05, 0) is 38.0 Å². The van der Waals surface area contributed by atoms with Crippen LogP contribution in [0.15, 0.2) is 47.1 Å². The third-order valence-corrected chi connectivity index (χ3v) is 3.62. The Morgan fingerprint density at radius 1 is 1.27 bits per heavy atom. The number of aliphatic hydroxyl groups is 1. The minimum absolute atomic E-state index is 0.000259. The van der Waals surface area contributed by atoms with Gasteiger partial charge in [0, 0.05) is 18.9 Å². The number of furan rings is 1. The van der Waals surface area contributed by atoms with Gasteiger partial charge in [0.25, 0.3) is 0 Å². The zero-order valence-electron chi connectivity index (χ0n) is 13.1. The fourth-order valence-corrected chi connectivity index (χ4v) is 2.35. The van der Waals surface area contributed by atoms with E-state index in [-0.39, 0.29) is 11.9 Å². The lowest BCUT2D eigenvalue weighted by Crippen LogP contribution is -2.33. The lowest BCUT2D eigenvalue weighted by molar-refractivity contribution is -0.121. The highest BCUT2D eigenvalue weighted by atomic mass is 16.4. The summed E-state index contributed by atoms with van der Waals surface area (Å²) in [7, 11) is 0. The molecule has 2 aromatic rings. The molecule has 0 saturated carbocycles. The van der Waals surface area contributed by atoms with Crippen LogP contribution in [0.25, 0.3) is 0 Å². The first-order chi connectivity index (χ1) is 10.5.